The van der Waals surface area contributed by atoms with E-state index in [4.69, 9.17) is 4.74 Å². The molecule has 2 aromatic rings. The third kappa shape index (κ3) is 6.82. The van der Waals surface area contributed by atoms with E-state index in [9.17, 15) is 14.4 Å². The molecule has 0 aliphatic carbocycles. The summed E-state index contributed by atoms with van der Waals surface area (Å²) in [6.07, 6.45) is 1.43. The van der Waals surface area contributed by atoms with Gasteiger partial charge in [-0.25, -0.2) is 4.79 Å². The zero-order chi connectivity index (χ0) is 24.5. The molecule has 2 aromatic carbocycles. The number of nitrogens with one attached hydrogen (secondary N) is 1. The van der Waals surface area contributed by atoms with Crippen molar-refractivity contribution in [3.63, 3.8) is 0 Å². The Hall–Kier alpha value is -2.87. The van der Waals surface area contributed by atoms with Gasteiger partial charge in [0.15, 0.2) is 0 Å². The molecule has 0 spiro atoms. The van der Waals surface area contributed by atoms with Crippen LogP contribution in [0, 0.1) is 5.92 Å². The Morgan fingerprint density at radius 3 is 2.38 bits per heavy atom. The molecule has 1 aliphatic heterocycles. The van der Waals surface area contributed by atoms with Crippen molar-refractivity contribution in [1.29, 1.82) is 0 Å². The number of rotatable bonds is 8. The fourth-order valence-corrected chi connectivity index (χ4v) is 4.51. The number of urea groups is 1. The summed E-state index contributed by atoms with van der Waals surface area (Å²) in [6.45, 7) is 5.47. The summed E-state index contributed by atoms with van der Waals surface area (Å²) < 4.78 is 5.90. The third-order valence-corrected chi connectivity index (χ3v) is 6.85. The number of halogens is 1. The quantitative estimate of drug-likeness (QED) is 0.474. The average molecular weight is 530 g/mol. The first kappa shape index (κ1) is 25.7. The number of carbonyl (C=O) groups excluding carboxylic acids is 3. The van der Waals surface area contributed by atoms with Crippen LogP contribution >= 0.6 is 15.9 Å². The van der Waals surface area contributed by atoms with E-state index in [1.165, 1.54) is 0 Å². The molecule has 1 N–H and O–H groups in total. The Morgan fingerprint density at radius 1 is 1.09 bits per heavy atom. The minimum Gasteiger partial charge on any atom is -0.466 e. The average Bonchev–Trinajstić information content (AvgIpc) is 2.86. The summed E-state index contributed by atoms with van der Waals surface area (Å²) >= 11 is 3.47. The van der Waals surface area contributed by atoms with E-state index in [0.717, 1.165) is 10.0 Å². The number of hydrogen-bond donors (Lipinski definition) is 1. The normalized spacial score (nSPS) is 14.9. The van der Waals surface area contributed by atoms with Gasteiger partial charge in [0.25, 0.3) is 0 Å². The predicted molar refractivity (Wildman–Crippen MR) is 135 cm³/mol. The highest BCUT2D eigenvalue weighted by molar-refractivity contribution is 9.10. The Bertz CT molecular complexity index is 977. The van der Waals surface area contributed by atoms with Crippen LogP contribution < -0.4 is 5.32 Å². The number of ether oxygens (including phenoxy) is 1. The van der Waals surface area contributed by atoms with E-state index in [-0.39, 0.29) is 42.8 Å². The smallest absolute Gasteiger partial charge is 0.322 e. The van der Waals surface area contributed by atoms with Gasteiger partial charge in [-0.1, -0.05) is 42.5 Å². The number of carbonyl (C=O) groups is 3. The summed E-state index contributed by atoms with van der Waals surface area (Å²) in [6, 6.07) is 16.7. The van der Waals surface area contributed by atoms with Crippen molar-refractivity contribution < 1.29 is 19.1 Å². The molecule has 0 aromatic heterocycles. The molecule has 1 aliphatic rings. The van der Waals surface area contributed by atoms with E-state index in [0.29, 0.717) is 38.2 Å². The van der Waals surface area contributed by atoms with Crippen molar-refractivity contribution in [2.24, 2.45) is 5.92 Å². The molecule has 0 bridgehead atoms. The van der Waals surface area contributed by atoms with E-state index < -0.39 is 0 Å². The van der Waals surface area contributed by atoms with Gasteiger partial charge in [0, 0.05) is 30.5 Å². The lowest BCUT2D eigenvalue weighted by Gasteiger charge is -2.33. The largest absolute Gasteiger partial charge is 0.466 e. The molecule has 1 atom stereocenters. The summed E-state index contributed by atoms with van der Waals surface area (Å²) in [5, 5.41) is 2.96. The fourth-order valence-electron chi connectivity index (χ4n) is 4.13. The summed E-state index contributed by atoms with van der Waals surface area (Å²) in [5.74, 6) is -0.337. The predicted octanol–water partition coefficient (Wildman–Crippen LogP) is 5.24. The van der Waals surface area contributed by atoms with Crippen molar-refractivity contribution in [3.05, 3.63) is 64.6 Å². The highest BCUT2D eigenvalue weighted by Crippen LogP contribution is 2.26. The standard InChI is InChI=1S/C26H32BrN3O4/c1-3-34-25(32)21-13-16-29(17-14-21)24(31)15-18-30(19(2)20-9-5-4-6-10-20)26(33)28-23-12-8-7-11-22(23)27/h4-12,19,21H,3,13-18H2,1-2H3,(H,28,33). The zero-order valence-corrected chi connectivity index (χ0v) is 21.3. The highest BCUT2D eigenvalue weighted by atomic mass is 79.9. The first-order valence-corrected chi connectivity index (χ1v) is 12.5. The highest BCUT2D eigenvalue weighted by Gasteiger charge is 2.29. The topological polar surface area (TPSA) is 79.0 Å². The first-order valence-electron chi connectivity index (χ1n) is 11.7. The number of likely N-dealkylation sites (tertiary alicyclic amines) is 1. The third-order valence-electron chi connectivity index (χ3n) is 6.16. The summed E-state index contributed by atoms with van der Waals surface area (Å²) in [7, 11) is 0. The van der Waals surface area contributed by atoms with Crippen LogP contribution in [-0.4, -0.2) is 53.9 Å². The Kier molecular flexibility index (Phi) is 9.51. The molecular weight excluding hydrogens is 498 g/mol. The van der Waals surface area contributed by atoms with Crippen LogP contribution in [0.25, 0.3) is 0 Å². The maximum atomic E-state index is 13.3. The molecular formula is C26H32BrN3O4. The van der Waals surface area contributed by atoms with Crippen molar-refractivity contribution >= 4 is 39.5 Å². The van der Waals surface area contributed by atoms with Crippen molar-refractivity contribution in [3.8, 4) is 0 Å². The Morgan fingerprint density at radius 2 is 1.74 bits per heavy atom. The van der Waals surface area contributed by atoms with Crippen molar-refractivity contribution in [1.82, 2.24) is 9.80 Å². The minimum atomic E-state index is -0.267. The van der Waals surface area contributed by atoms with Crippen LogP contribution in [0.4, 0.5) is 10.5 Å². The fraction of sp³-hybridized carbons (Fsp3) is 0.423. The van der Waals surface area contributed by atoms with Crippen molar-refractivity contribution in [2.45, 2.75) is 39.2 Å². The maximum Gasteiger partial charge on any atom is 0.322 e. The number of anilines is 1. The zero-order valence-electron chi connectivity index (χ0n) is 19.7. The van der Waals surface area contributed by atoms with Crippen LogP contribution in [0.5, 0.6) is 0 Å². The van der Waals surface area contributed by atoms with Gasteiger partial charge in [-0.3, -0.25) is 9.59 Å². The van der Waals surface area contributed by atoms with Crippen molar-refractivity contribution in [2.75, 3.05) is 31.6 Å². The number of piperidine rings is 1. The van der Waals surface area contributed by atoms with E-state index in [2.05, 4.69) is 21.2 Å². The van der Waals surface area contributed by atoms with Gasteiger partial charge in [0.1, 0.15) is 0 Å². The SMILES string of the molecule is CCOC(=O)C1CCN(C(=O)CCN(C(=O)Nc2ccccc2Br)C(C)c2ccccc2)CC1. The van der Waals surface area contributed by atoms with Crippen LogP contribution in [0.15, 0.2) is 59.1 Å². The van der Waals surface area contributed by atoms with E-state index in [1.54, 1.807) is 16.7 Å². The molecule has 182 valence electrons. The number of esters is 1. The Balaban J connectivity index is 1.64. The van der Waals surface area contributed by atoms with Gasteiger partial charge in [-0.15, -0.1) is 0 Å². The molecule has 3 amide bonds. The second kappa shape index (κ2) is 12.6. The monoisotopic (exact) mass is 529 g/mol. The summed E-state index contributed by atoms with van der Waals surface area (Å²) in [5.41, 5.74) is 1.66. The lowest BCUT2D eigenvalue weighted by molar-refractivity contribution is -0.151. The molecule has 3 rings (SSSR count). The molecule has 1 saturated heterocycles. The molecule has 7 nitrogen and oxygen atoms in total. The van der Waals surface area contributed by atoms with Gasteiger partial charge < -0.3 is 19.9 Å². The number of nitrogens with zero attached hydrogens (tertiary/aromatic N) is 2. The lowest BCUT2D eigenvalue weighted by atomic mass is 9.97. The maximum absolute atomic E-state index is 13.3. The van der Waals surface area contributed by atoms with E-state index >= 15 is 0 Å². The van der Waals surface area contributed by atoms with Crippen LogP contribution in [0.2, 0.25) is 0 Å². The molecule has 34 heavy (non-hydrogen) atoms. The van der Waals surface area contributed by atoms with Crippen LogP contribution in [0.3, 0.4) is 0 Å². The second-order valence-electron chi connectivity index (χ2n) is 8.35. The van der Waals surface area contributed by atoms with Gasteiger partial charge in [-0.2, -0.15) is 0 Å². The molecule has 1 unspecified atom stereocenters. The number of hydrogen-bond acceptors (Lipinski definition) is 4. The van der Waals surface area contributed by atoms with Crippen LogP contribution in [0.1, 0.15) is 44.7 Å². The number of para-hydroxylation sites is 1. The molecule has 1 heterocycles. The first-order chi connectivity index (χ1) is 16.4. The summed E-state index contributed by atoms with van der Waals surface area (Å²) in [4.78, 5) is 41.7. The lowest BCUT2D eigenvalue weighted by Crippen LogP contribution is -2.43. The van der Waals surface area contributed by atoms with Gasteiger partial charge in [0.05, 0.1) is 24.3 Å². The minimum absolute atomic E-state index is 0.0127. The Labute approximate surface area is 209 Å². The molecule has 8 heteroatoms. The molecule has 0 radical (unpaired) electrons. The second-order valence-corrected chi connectivity index (χ2v) is 9.20. The van der Waals surface area contributed by atoms with Gasteiger partial charge >= 0.3 is 12.0 Å². The van der Waals surface area contributed by atoms with E-state index in [1.807, 2.05) is 61.5 Å². The van der Waals surface area contributed by atoms with Gasteiger partial charge in [-0.05, 0) is 60.3 Å². The molecule has 0 saturated carbocycles. The number of amides is 3. The van der Waals surface area contributed by atoms with Crippen LogP contribution in [-0.2, 0) is 14.3 Å². The number of benzene rings is 2. The molecule has 1 fully saturated rings. The van der Waals surface area contributed by atoms with Gasteiger partial charge in [0.2, 0.25) is 5.91 Å².